The van der Waals surface area contributed by atoms with E-state index in [9.17, 15) is 0 Å². The van der Waals surface area contributed by atoms with E-state index in [1.807, 2.05) is 0 Å². The van der Waals surface area contributed by atoms with Crippen LogP contribution in [0, 0.1) is 0 Å². The molecule has 0 unspecified atom stereocenters. The number of hydrogen-bond donors (Lipinski definition) is 1. The van der Waals surface area contributed by atoms with E-state index in [2.05, 4.69) is 43.4 Å². The predicted octanol–water partition coefficient (Wildman–Crippen LogP) is 4.67. The highest BCUT2D eigenvalue weighted by Gasteiger charge is 2.01. The molecule has 1 aromatic rings. The molecule has 0 saturated heterocycles. The molecule has 0 atom stereocenters. The molecule has 0 aromatic heterocycles. The molecule has 0 aliphatic rings. The molecule has 0 spiro atoms. The van der Waals surface area contributed by atoms with Gasteiger partial charge in [-0.15, -0.1) is 0 Å². The molecule has 0 bridgehead atoms. The van der Waals surface area contributed by atoms with Crippen molar-refractivity contribution < 1.29 is 4.74 Å². The van der Waals surface area contributed by atoms with Gasteiger partial charge in [0, 0.05) is 13.2 Å². The van der Waals surface area contributed by atoms with Crippen LogP contribution in [0.25, 0.3) is 0 Å². The summed E-state index contributed by atoms with van der Waals surface area (Å²) >= 11 is 0. The van der Waals surface area contributed by atoms with E-state index < -0.39 is 0 Å². The molecule has 0 radical (unpaired) electrons. The molecular weight excluding hydrogens is 246 g/mol. The molecule has 1 rings (SSSR count). The number of rotatable bonds is 12. The summed E-state index contributed by atoms with van der Waals surface area (Å²) in [6.45, 7) is 7.98. The minimum Gasteiger partial charge on any atom is -0.377 e. The van der Waals surface area contributed by atoms with Crippen LogP contribution in [0.2, 0.25) is 0 Å². The van der Waals surface area contributed by atoms with Crippen molar-refractivity contribution in [3.05, 3.63) is 35.4 Å². The van der Waals surface area contributed by atoms with Crippen LogP contribution >= 0.6 is 0 Å². The third-order valence-electron chi connectivity index (χ3n) is 3.58. The first kappa shape index (κ1) is 17.2. The normalized spacial score (nSPS) is 10.9. The second-order valence-electron chi connectivity index (χ2n) is 5.37. The van der Waals surface area contributed by atoms with Crippen LogP contribution in [0.3, 0.4) is 0 Å². The van der Waals surface area contributed by atoms with Crippen molar-refractivity contribution in [3.63, 3.8) is 0 Å². The van der Waals surface area contributed by atoms with E-state index in [4.69, 9.17) is 4.74 Å². The zero-order chi connectivity index (χ0) is 14.5. The van der Waals surface area contributed by atoms with Crippen molar-refractivity contribution in [1.82, 2.24) is 5.32 Å². The Morgan fingerprint density at radius 2 is 1.60 bits per heavy atom. The lowest BCUT2D eigenvalue weighted by Gasteiger charge is -2.10. The summed E-state index contributed by atoms with van der Waals surface area (Å²) in [7, 11) is 0. The molecule has 1 N–H and O–H groups in total. The SMILES string of the molecule is CCCCCCCCOCc1ccccc1CNCC. The highest BCUT2D eigenvalue weighted by molar-refractivity contribution is 5.26. The fourth-order valence-corrected chi connectivity index (χ4v) is 2.30. The Bertz CT molecular complexity index is 338. The van der Waals surface area contributed by atoms with Gasteiger partial charge >= 0.3 is 0 Å². The lowest BCUT2D eigenvalue weighted by atomic mass is 10.1. The van der Waals surface area contributed by atoms with E-state index in [0.29, 0.717) is 0 Å². The average molecular weight is 277 g/mol. The maximum Gasteiger partial charge on any atom is 0.0720 e. The van der Waals surface area contributed by atoms with Gasteiger partial charge in [-0.2, -0.15) is 0 Å². The first-order chi connectivity index (χ1) is 9.88. The topological polar surface area (TPSA) is 21.3 Å². The van der Waals surface area contributed by atoms with Crippen molar-refractivity contribution in [3.8, 4) is 0 Å². The molecule has 0 saturated carbocycles. The van der Waals surface area contributed by atoms with Gasteiger partial charge in [-0.3, -0.25) is 0 Å². The number of benzene rings is 1. The second kappa shape index (κ2) is 11.9. The first-order valence-electron chi connectivity index (χ1n) is 8.23. The second-order valence-corrected chi connectivity index (χ2v) is 5.37. The van der Waals surface area contributed by atoms with E-state index in [1.54, 1.807) is 0 Å². The van der Waals surface area contributed by atoms with E-state index >= 15 is 0 Å². The highest BCUT2D eigenvalue weighted by atomic mass is 16.5. The molecule has 0 amide bonds. The van der Waals surface area contributed by atoms with Crippen molar-refractivity contribution in [2.75, 3.05) is 13.2 Å². The zero-order valence-electron chi connectivity index (χ0n) is 13.3. The van der Waals surface area contributed by atoms with Gasteiger partial charge in [0.1, 0.15) is 0 Å². The number of nitrogens with one attached hydrogen (secondary N) is 1. The summed E-state index contributed by atoms with van der Waals surface area (Å²) in [5.74, 6) is 0. The van der Waals surface area contributed by atoms with Gasteiger partial charge in [-0.05, 0) is 24.1 Å². The van der Waals surface area contributed by atoms with Gasteiger partial charge in [-0.25, -0.2) is 0 Å². The van der Waals surface area contributed by atoms with Crippen LogP contribution in [0.15, 0.2) is 24.3 Å². The van der Waals surface area contributed by atoms with Gasteiger partial charge in [0.2, 0.25) is 0 Å². The third-order valence-corrected chi connectivity index (χ3v) is 3.58. The first-order valence-corrected chi connectivity index (χ1v) is 8.23. The summed E-state index contributed by atoms with van der Waals surface area (Å²) in [5, 5.41) is 3.38. The third kappa shape index (κ3) is 7.66. The summed E-state index contributed by atoms with van der Waals surface area (Å²) < 4.78 is 5.82. The van der Waals surface area contributed by atoms with Crippen molar-refractivity contribution in [1.29, 1.82) is 0 Å². The highest BCUT2D eigenvalue weighted by Crippen LogP contribution is 2.11. The quantitative estimate of drug-likeness (QED) is 0.560. The molecule has 1 aromatic carbocycles. The van der Waals surface area contributed by atoms with Gasteiger partial charge in [-0.1, -0.05) is 70.2 Å². The number of unbranched alkanes of at least 4 members (excludes halogenated alkanes) is 5. The van der Waals surface area contributed by atoms with Crippen LogP contribution in [-0.4, -0.2) is 13.2 Å². The molecule has 20 heavy (non-hydrogen) atoms. The Labute approximate surface area is 124 Å². The van der Waals surface area contributed by atoms with Crippen molar-refractivity contribution >= 4 is 0 Å². The van der Waals surface area contributed by atoms with Gasteiger partial charge < -0.3 is 10.1 Å². The maximum atomic E-state index is 5.82. The molecule has 114 valence electrons. The van der Waals surface area contributed by atoms with Crippen LogP contribution in [0.1, 0.15) is 63.5 Å². The summed E-state index contributed by atoms with van der Waals surface area (Å²) in [6.07, 6.45) is 7.92. The Kier molecular flexibility index (Phi) is 10.3. The average Bonchev–Trinajstić information content (AvgIpc) is 2.49. The fraction of sp³-hybridized carbons (Fsp3) is 0.667. The van der Waals surface area contributed by atoms with Crippen LogP contribution in [0.4, 0.5) is 0 Å². The Morgan fingerprint density at radius 3 is 2.35 bits per heavy atom. The fourth-order valence-electron chi connectivity index (χ4n) is 2.30. The standard InChI is InChI=1S/C18H31NO/c1-3-5-6-7-8-11-14-20-16-18-13-10-9-12-17(18)15-19-4-2/h9-10,12-13,19H,3-8,11,14-16H2,1-2H3. The van der Waals surface area contributed by atoms with E-state index in [-0.39, 0.29) is 0 Å². The smallest absolute Gasteiger partial charge is 0.0720 e. The number of hydrogen-bond acceptors (Lipinski definition) is 2. The largest absolute Gasteiger partial charge is 0.377 e. The monoisotopic (exact) mass is 277 g/mol. The number of ether oxygens (including phenoxy) is 1. The Balaban J connectivity index is 2.15. The van der Waals surface area contributed by atoms with E-state index in [1.165, 1.54) is 49.7 Å². The summed E-state index contributed by atoms with van der Waals surface area (Å²) in [5.41, 5.74) is 2.68. The van der Waals surface area contributed by atoms with Gasteiger partial charge in [0.25, 0.3) is 0 Å². The molecule has 0 aliphatic carbocycles. The molecule has 0 aliphatic heterocycles. The van der Waals surface area contributed by atoms with Crippen molar-refractivity contribution in [2.45, 2.75) is 65.5 Å². The van der Waals surface area contributed by atoms with Crippen molar-refractivity contribution in [2.24, 2.45) is 0 Å². The molecule has 2 heteroatoms. The lowest BCUT2D eigenvalue weighted by molar-refractivity contribution is 0.116. The molecule has 0 heterocycles. The van der Waals surface area contributed by atoms with Gasteiger partial charge in [0.15, 0.2) is 0 Å². The molecule has 2 nitrogen and oxygen atoms in total. The lowest BCUT2D eigenvalue weighted by Crippen LogP contribution is -2.13. The molecule has 0 fully saturated rings. The van der Waals surface area contributed by atoms with Gasteiger partial charge in [0.05, 0.1) is 6.61 Å². The zero-order valence-corrected chi connectivity index (χ0v) is 13.3. The van der Waals surface area contributed by atoms with E-state index in [0.717, 1.165) is 26.3 Å². The minimum absolute atomic E-state index is 0.747. The molecular formula is C18H31NO. The summed E-state index contributed by atoms with van der Waals surface area (Å²) in [4.78, 5) is 0. The Morgan fingerprint density at radius 1 is 0.900 bits per heavy atom. The van der Waals surface area contributed by atoms with Crippen LogP contribution in [-0.2, 0) is 17.9 Å². The summed E-state index contributed by atoms with van der Waals surface area (Å²) in [6, 6.07) is 8.56. The predicted molar refractivity (Wildman–Crippen MR) is 86.9 cm³/mol. The van der Waals surface area contributed by atoms with Crippen LogP contribution < -0.4 is 5.32 Å². The minimum atomic E-state index is 0.747. The van der Waals surface area contributed by atoms with Crippen LogP contribution in [0.5, 0.6) is 0 Å². The maximum absolute atomic E-state index is 5.82. The Hall–Kier alpha value is -0.860.